The summed E-state index contributed by atoms with van der Waals surface area (Å²) in [5.74, 6) is 0.854. The Morgan fingerprint density at radius 3 is 2.77 bits per heavy atom. The van der Waals surface area contributed by atoms with Crippen LogP contribution in [0.2, 0.25) is 0 Å². The Bertz CT molecular complexity index is 323. The Balaban J connectivity index is 2.99. The fraction of sp³-hybridized carbons (Fsp3) is 0.300. The maximum atomic E-state index is 5.46. The molecule has 3 heteroatoms. The summed E-state index contributed by atoms with van der Waals surface area (Å²) >= 11 is 4.84. The van der Waals surface area contributed by atoms with E-state index in [1.807, 2.05) is 25.1 Å². The van der Waals surface area contributed by atoms with Crippen molar-refractivity contribution in [3.05, 3.63) is 29.3 Å². The average Bonchev–Trinajstić information content (AvgIpc) is 2.07. The molecule has 0 aliphatic rings. The largest absolute Gasteiger partial charge is 0.496 e. The summed E-state index contributed by atoms with van der Waals surface area (Å²) in [6.45, 7) is 2.02. The Hall–Kier alpha value is -1.09. The first-order valence-electron chi connectivity index (χ1n) is 4.05. The van der Waals surface area contributed by atoms with E-state index in [4.69, 9.17) is 22.7 Å². The van der Waals surface area contributed by atoms with Gasteiger partial charge in [-0.1, -0.05) is 24.4 Å². The van der Waals surface area contributed by atoms with Crippen LogP contribution in [-0.2, 0) is 6.42 Å². The number of benzene rings is 1. The average molecular weight is 195 g/mol. The van der Waals surface area contributed by atoms with Gasteiger partial charge in [-0.3, -0.25) is 0 Å². The molecular weight excluding hydrogens is 182 g/mol. The quantitative estimate of drug-likeness (QED) is 0.747. The molecule has 0 fully saturated rings. The number of hydrogen-bond acceptors (Lipinski definition) is 2. The van der Waals surface area contributed by atoms with Crippen LogP contribution in [0.5, 0.6) is 5.75 Å². The van der Waals surface area contributed by atoms with Crippen LogP contribution in [-0.4, -0.2) is 12.1 Å². The highest BCUT2D eigenvalue weighted by Gasteiger charge is 2.03. The van der Waals surface area contributed by atoms with Crippen molar-refractivity contribution in [3.8, 4) is 5.75 Å². The van der Waals surface area contributed by atoms with Crippen molar-refractivity contribution in [3.63, 3.8) is 0 Å². The highest BCUT2D eigenvalue weighted by molar-refractivity contribution is 7.80. The molecule has 1 rings (SSSR count). The van der Waals surface area contributed by atoms with E-state index in [-0.39, 0.29) is 0 Å². The minimum Gasteiger partial charge on any atom is -0.496 e. The Kier molecular flexibility index (Phi) is 3.25. The third-order valence-corrected chi connectivity index (χ3v) is 1.95. The summed E-state index contributed by atoms with van der Waals surface area (Å²) in [4.78, 5) is 0.488. The molecule has 2 nitrogen and oxygen atoms in total. The van der Waals surface area contributed by atoms with Gasteiger partial charge < -0.3 is 10.5 Å². The normalized spacial score (nSPS) is 9.69. The van der Waals surface area contributed by atoms with Gasteiger partial charge in [-0.2, -0.15) is 0 Å². The summed E-state index contributed by atoms with van der Waals surface area (Å²) in [6.07, 6.45) is 0.596. The van der Waals surface area contributed by atoms with Crippen molar-refractivity contribution >= 4 is 17.2 Å². The van der Waals surface area contributed by atoms with Crippen LogP contribution in [0.3, 0.4) is 0 Å². The predicted molar refractivity (Wildman–Crippen MR) is 58.2 cm³/mol. The van der Waals surface area contributed by atoms with Gasteiger partial charge in [-0.15, -0.1) is 0 Å². The fourth-order valence-corrected chi connectivity index (χ4v) is 1.34. The van der Waals surface area contributed by atoms with Crippen LogP contribution in [0.15, 0.2) is 18.2 Å². The predicted octanol–water partition coefficient (Wildman–Crippen LogP) is 1.83. The number of nitrogens with two attached hydrogens (primary N) is 1. The number of aryl methyl sites for hydroxylation is 1. The van der Waals surface area contributed by atoms with Crippen molar-refractivity contribution < 1.29 is 4.74 Å². The molecule has 1 aromatic rings. The van der Waals surface area contributed by atoms with E-state index in [9.17, 15) is 0 Å². The van der Waals surface area contributed by atoms with E-state index in [1.165, 1.54) is 5.56 Å². The molecule has 0 atom stereocenters. The third-order valence-electron chi connectivity index (χ3n) is 1.81. The number of thiocarbonyl (C=S) groups is 1. The summed E-state index contributed by atoms with van der Waals surface area (Å²) in [6, 6.07) is 6.00. The maximum absolute atomic E-state index is 5.46. The molecule has 0 saturated heterocycles. The SMILES string of the molecule is COc1cc(C)ccc1CC(N)=S. The van der Waals surface area contributed by atoms with Gasteiger partial charge in [0.2, 0.25) is 0 Å². The molecule has 0 spiro atoms. The second-order valence-corrected chi connectivity index (χ2v) is 3.48. The van der Waals surface area contributed by atoms with E-state index in [1.54, 1.807) is 7.11 Å². The molecule has 0 saturated carbocycles. The van der Waals surface area contributed by atoms with Crippen LogP contribution in [0.4, 0.5) is 0 Å². The Labute approximate surface area is 83.7 Å². The molecule has 0 unspecified atom stereocenters. The Morgan fingerprint density at radius 2 is 2.23 bits per heavy atom. The van der Waals surface area contributed by atoms with Gasteiger partial charge in [0, 0.05) is 12.0 Å². The zero-order valence-corrected chi connectivity index (χ0v) is 8.65. The molecule has 0 amide bonds. The molecule has 70 valence electrons. The Morgan fingerprint density at radius 1 is 1.54 bits per heavy atom. The maximum Gasteiger partial charge on any atom is 0.122 e. The lowest BCUT2D eigenvalue weighted by molar-refractivity contribution is 0.410. The van der Waals surface area contributed by atoms with Gasteiger partial charge in [0.1, 0.15) is 5.75 Å². The molecule has 13 heavy (non-hydrogen) atoms. The standard InChI is InChI=1S/C10H13NOS/c1-7-3-4-8(6-10(11)13)9(5-7)12-2/h3-5H,6H2,1-2H3,(H2,11,13). The van der Waals surface area contributed by atoms with Crippen LogP contribution in [0.1, 0.15) is 11.1 Å². The lowest BCUT2D eigenvalue weighted by Crippen LogP contribution is -2.11. The van der Waals surface area contributed by atoms with Crippen molar-refractivity contribution in [2.75, 3.05) is 7.11 Å². The molecule has 0 aliphatic heterocycles. The highest BCUT2D eigenvalue weighted by Crippen LogP contribution is 2.20. The summed E-state index contributed by atoms with van der Waals surface area (Å²) < 4.78 is 5.21. The van der Waals surface area contributed by atoms with Gasteiger partial charge in [0.05, 0.1) is 12.1 Å². The number of methoxy groups -OCH3 is 1. The number of ether oxygens (including phenoxy) is 1. The van der Waals surface area contributed by atoms with Gasteiger partial charge in [-0.05, 0) is 18.6 Å². The van der Waals surface area contributed by atoms with Gasteiger partial charge in [0.15, 0.2) is 0 Å². The van der Waals surface area contributed by atoms with Crippen molar-refractivity contribution in [2.24, 2.45) is 5.73 Å². The minimum atomic E-state index is 0.488. The molecule has 0 bridgehead atoms. The highest BCUT2D eigenvalue weighted by atomic mass is 32.1. The van der Waals surface area contributed by atoms with Crippen LogP contribution >= 0.6 is 12.2 Å². The first kappa shape index (κ1) is 9.99. The van der Waals surface area contributed by atoms with Crippen molar-refractivity contribution in [2.45, 2.75) is 13.3 Å². The van der Waals surface area contributed by atoms with Gasteiger partial charge in [0.25, 0.3) is 0 Å². The lowest BCUT2D eigenvalue weighted by atomic mass is 10.1. The third kappa shape index (κ3) is 2.70. The summed E-state index contributed by atoms with van der Waals surface area (Å²) in [5, 5.41) is 0. The zero-order chi connectivity index (χ0) is 9.84. The molecule has 0 radical (unpaired) electrons. The first-order valence-corrected chi connectivity index (χ1v) is 4.46. The van der Waals surface area contributed by atoms with Gasteiger partial charge in [-0.25, -0.2) is 0 Å². The van der Waals surface area contributed by atoms with Crippen LogP contribution in [0.25, 0.3) is 0 Å². The molecular formula is C10H13NOS. The van der Waals surface area contributed by atoms with E-state index in [0.29, 0.717) is 11.4 Å². The lowest BCUT2D eigenvalue weighted by Gasteiger charge is -2.08. The second kappa shape index (κ2) is 4.23. The van der Waals surface area contributed by atoms with E-state index < -0.39 is 0 Å². The fourth-order valence-electron chi connectivity index (χ4n) is 1.19. The molecule has 0 aromatic heterocycles. The van der Waals surface area contributed by atoms with E-state index in [0.717, 1.165) is 11.3 Å². The molecule has 0 heterocycles. The van der Waals surface area contributed by atoms with Crippen molar-refractivity contribution in [1.29, 1.82) is 0 Å². The topological polar surface area (TPSA) is 35.2 Å². The zero-order valence-electron chi connectivity index (χ0n) is 7.83. The molecule has 1 aromatic carbocycles. The second-order valence-electron chi connectivity index (χ2n) is 2.96. The van der Waals surface area contributed by atoms with Gasteiger partial charge >= 0.3 is 0 Å². The summed E-state index contributed by atoms with van der Waals surface area (Å²) in [5.41, 5.74) is 7.67. The smallest absolute Gasteiger partial charge is 0.122 e. The number of rotatable bonds is 3. The van der Waals surface area contributed by atoms with E-state index in [2.05, 4.69) is 0 Å². The minimum absolute atomic E-state index is 0.488. The van der Waals surface area contributed by atoms with Crippen molar-refractivity contribution in [1.82, 2.24) is 0 Å². The summed E-state index contributed by atoms with van der Waals surface area (Å²) in [7, 11) is 1.65. The molecule has 0 aliphatic carbocycles. The monoisotopic (exact) mass is 195 g/mol. The first-order chi connectivity index (χ1) is 6.13. The van der Waals surface area contributed by atoms with Crippen LogP contribution in [0, 0.1) is 6.92 Å². The number of hydrogen-bond donors (Lipinski definition) is 1. The van der Waals surface area contributed by atoms with E-state index >= 15 is 0 Å². The molecule has 2 N–H and O–H groups in total. The van der Waals surface area contributed by atoms with Crippen LogP contribution < -0.4 is 10.5 Å².